The Morgan fingerprint density at radius 2 is 1.61 bits per heavy atom. The molecule has 1 unspecified atom stereocenters. The molecule has 3 aromatic carbocycles. The number of anilines is 1. The summed E-state index contributed by atoms with van der Waals surface area (Å²) in [7, 11) is -3.89. The maximum absolute atomic E-state index is 13.9. The van der Waals surface area contributed by atoms with E-state index in [1.807, 2.05) is 54.6 Å². The number of carbonyl (C=O) groups excluding carboxylic acids is 2. The zero-order chi connectivity index (χ0) is 27.9. The SMILES string of the molecule is CCNC(=O)C(Cc1ccccc1)N(Cc1ccc(Br)cc1)C(=O)CN(c1ccc(Cl)c(Cl)c1)S(C)(=O)=O. The first kappa shape index (κ1) is 30.0. The molecule has 7 nitrogen and oxygen atoms in total. The van der Waals surface area contributed by atoms with E-state index in [1.54, 1.807) is 6.92 Å². The lowest BCUT2D eigenvalue weighted by molar-refractivity contribution is -0.140. The van der Waals surface area contributed by atoms with E-state index >= 15 is 0 Å². The number of amides is 2. The Morgan fingerprint density at radius 3 is 2.18 bits per heavy atom. The van der Waals surface area contributed by atoms with Gasteiger partial charge in [0.15, 0.2) is 0 Å². The molecule has 1 N–H and O–H groups in total. The van der Waals surface area contributed by atoms with Crippen LogP contribution in [0.5, 0.6) is 0 Å². The fraction of sp³-hybridized carbons (Fsp3) is 0.259. The number of likely N-dealkylation sites (N-methyl/N-ethyl adjacent to an activating group) is 1. The molecule has 0 radical (unpaired) electrons. The van der Waals surface area contributed by atoms with Gasteiger partial charge in [0, 0.05) is 24.0 Å². The second-order valence-electron chi connectivity index (χ2n) is 8.62. The van der Waals surface area contributed by atoms with Crippen LogP contribution in [-0.2, 0) is 32.6 Å². The molecule has 11 heteroatoms. The maximum Gasteiger partial charge on any atom is 0.244 e. The van der Waals surface area contributed by atoms with Gasteiger partial charge in [-0.1, -0.05) is 81.6 Å². The second-order valence-corrected chi connectivity index (χ2v) is 12.3. The summed E-state index contributed by atoms with van der Waals surface area (Å²) in [5, 5.41) is 3.23. The van der Waals surface area contributed by atoms with E-state index in [4.69, 9.17) is 23.2 Å². The van der Waals surface area contributed by atoms with Gasteiger partial charge in [0.25, 0.3) is 0 Å². The summed E-state index contributed by atoms with van der Waals surface area (Å²) < 4.78 is 27.4. The topological polar surface area (TPSA) is 86.8 Å². The van der Waals surface area contributed by atoms with Crippen LogP contribution in [0.15, 0.2) is 77.3 Å². The van der Waals surface area contributed by atoms with Crippen LogP contribution in [0.2, 0.25) is 10.0 Å². The summed E-state index contributed by atoms with van der Waals surface area (Å²) in [6.45, 7) is 1.74. The normalized spacial score (nSPS) is 12.0. The molecule has 38 heavy (non-hydrogen) atoms. The van der Waals surface area contributed by atoms with Crippen molar-refractivity contribution in [2.45, 2.75) is 25.9 Å². The highest BCUT2D eigenvalue weighted by molar-refractivity contribution is 9.10. The summed E-state index contributed by atoms with van der Waals surface area (Å²) in [6, 6.07) is 20.2. The lowest BCUT2D eigenvalue weighted by Gasteiger charge is -2.33. The van der Waals surface area contributed by atoms with Gasteiger partial charge in [-0.05, 0) is 48.4 Å². The van der Waals surface area contributed by atoms with Gasteiger partial charge in [0.2, 0.25) is 21.8 Å². The molecule has 0 aliphatic rings. The van der Waals surface area contributed by atoms with E-state index in [2.05, 4.69) is 21.2 Å². The monoisotopic (exact) mass is 639 g/mol. The molecule has 2 amide bonds. The van der Waals surface area contributed by atoms with E-state index in [0.717, 1.165) is 26.2 Å². The molecule has 0 saturated carbocycles. The predicted octanol–water partition coefficient (Wildman–Crippen LogP) is 5.30. The Morgan fingerprint density at radius 1 is 0.947 bits per heavy atom. The largest absolute Gasteiger partial charge is 0.355 e. The summed E-state index contributed by atoms with van der Waals surface area (Å²) in [5.74, 6) is -0.876. The van der Waals surface area contributed by atoms with Gasteiger partial charge in [-0.3, -0.25) is 13.9 Å². The number of hydrogen-bond acceptors (Lipinski definition) is 4. The highest BCUT2D eigenvalue weighted by Gasteiger charge is 2.33. The fourth-order valence-electron chi connectivity index (χ4n) is 3.89. The van der Waals surface area contributed by atoms with Crippen molar-refractivity contribution >= 4 is 66.7 Å². The van der Waals surface area contributed by atoms with Crippen molar-refractivity contribution in [3.8, 4) is 0 Å². The van der Waals surface area contributed by atoms with Gasteiger partial charge in [0.1, 0.15) is 12.6 Å². The minimum Gasteiger partial charge on any atom is -0.355 e. The number of carbonyl (C=O) groups is 2. The third kappa shape index (κ3) is 8.20. The minimum absolute atomic E-state index is 0.0969. The van der Waals surface area contributed by atoms with Gasteiger partial charge in [-0.2, -0.15) is 0 Å². The summed E-state index contributed by atoms with van der Waals surface area (Å²) >= 11 is 15.6. The van der Waals surface area contributed by atoms with E-state index in [-0.39, 0.29) is 34.6 Å². The van der Waals surface area contributed by atoms with Crippen LogP contribution in [0.1, 0.15) is 18.1 Å². The van der Waals surface area contributed by atoms with Crippen LogP contribution in [-0.4, -0.2) is 50.5 Å². The third-order valence-corrected chi connectivity index (χ3v) is 8.17. The van der Waals surface area contributed by atoms with Gasteiger partial charge < -0.3 is 10.2 Å². The minimum atomic E-state index is -3.89. The molecule has 0 spiro atoms. The Labute approximate surface area is 241 Å². The number of benzene rings is 3. The van der Waals surface area contributed by atoms with Crippen molar-refractivity contribution < 1.29 is 18.0 Å². The number of rotatable bonds is 11. The van der Waals surface area contributed by atoms with Crippen LogP contribution in [0.25, 0.3) is 0 Å². The standard InChI is InChI=1S/C27H28BrCl2N3O4S/c1-3-31-27(35)25(15-19-7-5-4-6-8-19)32(17-20-9-11-21(28)12-10-20)26(34)18-33(38(2,36)37)22-13-14-23(29)24(30)16-22/h4-14,16,25H,3,15,17-18H2,1-2H3,(H,31,35). The van der Waals surface area contributed by atoms with Crippen LogP contribution >= 0.6 is 39.1 Å². The molecule has 1 atom stereocenters. The van der Waals surface area contributed by atoms with Crippen LogP contribution in [0, 0.1) is 0 Å². The van der Waals surface area contributed by atoms with Crippen molar-refractivity contribution in [3.05, 3.63) is 98.4 Å². The molecule has 3 aromatic rings. The molecule has 0 saturated heterocycles. The smallest absolute Gasteiger partial charge is 0.244 e. The lowest BCUT2D eigenvalue weighted by Crippen LogP contribution is -2.53. The van der Waals surface area contributed by atoms with Crippen molar-refractivity contribution in [1.82, 2.24) is 10.2 Å². The molecule has 3 rings (SSSR count). The zero-order valence-corrected chi connectivity index (χ0v) is 24.8. The molecular formula is C27H28BrCl2N3O4S. The number of sulfonamides is 1. The average Bonchev–Trinajstić information content (AvgIpc) is 2.87. The molecule has 202 valence electrons. The van der Waals surface area contributed by atoms with E-state index in [9.17, 15) is 18.0 Å². The van der Waals surface area contributed by atoms with E-state index in [0.29, 0.717) is 6.54 Å². The predicted molar refractivity (Wildman–Crippen MR) is 156 cm³/mol. The fourth-order valence-corrected chi connectivity index (χ4v) is 5.28. The molecule has 0 aliphatic heterocycles. The molecule has 0 heterocycles. The maximum atomic E-state index is 13.9. The Kier molecular flexibility index (Phi) is 10.6. The first-order chi connectivity index (χ1) is 18.0. The van der Waals surface area contributed by atoms with E-state index in [1.165, 1.54) is 23.1 Å². The summed E-state index contributed by atoms with van der Waals surface area (Å²) in [6.07, 6.45) is 1.26. The Hall–Kier alpha value is -2.59. The number of nitrogens with one attached hydrogen (secondary N) is 1. The second kappa shape index (κ2) is 13.5. The molecule has 0 fully saturated rings. The van der Waals surface area contributed by atoms with E-state index < -0.39 is 28.5 Å². The van der Waals surface area contributed by atoms with Crippen molar-refractivity contribution in [2.75, 3.05) is 23.7 Å². The lowest BCUT2D eigenvalue weighted by atomic mass is 10.0. The molecule has 0 bridgehead atoms. The van der Waals surface area contributed by atoms with Gasteiger partial charge >= 0.3 is 0 Å². The first-order valence-corrected chi connectivity index (χ1v) is 15.2. The first-order valence-electron chi connectivity index (χ1n) is 11.8. The van der Waals surface area contributed by atoms with Gasteiger partial charge in [-0.25, -0.2) is 8.42 Å². The summed E-state index contributed by atoms with van der Waals surface area (Å²) in [4.78, 5) is 28.6. The van der Waals surface area contributed by atoms with Crippen molar-refractivity contribution in [2.24, 2.45) is 0 Å². The Bertz CT molecular complexity index is 1370. The summed E-state index contributed by atoms with van der Waals surface area (Å²) in [5.41, 5.74) is 1.84. The number of nitrogens with zero attached hydrogens (tertiary/aromatic N) is 2. The van der Waals surface area contributed by atoms with Gasteiger partial charge in [0.05, 0.1) is 22.0 Å². The third-order valence-electron chi connectivity index (χ3n) is 5.76. The Balaban J connectivity index is 2.04. The van der Waals surface area contributed by atoms with Crippen molar-refractivity contribution in [3.63, 3.8) is 0 Å². The zero-order valence-electron chi connectivity index (χ0n) is 20.9. The van der Waals surface area contributed by atoms with Crippen molar-refractivity contribution in [1.29, 1.82) is 0 Å². The van der Waals surface area contributed by atoms with Crippen LogP contribution in [0.3, 0.4) is 0 Å². The number of hydrogen-bond donors (Lipinski definition) is 1. The number of halogens is 3. The van der Waals surface area contributed by atoms with Crippen LogP contribution in [0.4, 0.5) is 5.69 Å². The highest BCUT2D eigenvalue weighted by Crippen LogP contribution is 2.29. The van der Waals surface area contributed by atoms with Gasteiger partial charge in [-0.15, -0.1) is 0 Å². The quantitative estimate of drug-likeness (QED) is 0.308. The highest BCUT2D eigenvalue weighted by atomic mass is 79.9. The molecule has 0 aliphatic carbocycles. The molecular weight excluding hydrogens is 613 g/mol. The average molecular weight is 641 g/mol. The van der Waals surface area contributed by atoms with Crippen LogP contribution < -0.4 is 9.62 Å². The molecule has 0 aromatic heterocycles.